The van der Waals surface area contributed by atoms with Gasteiger partial charge in [-0.2, -0.15) is 0 Å². The highest BCUT2D eigenvalue weighted by Gasteiger charge is 2.53. The highest BCUT2D eigenvalue weighted by Crippen LogP contribution is 2.42. The minimum atomic E-state index is -0.350. The highest BCUT2D eigenvalue weighted by atomic mass is 16.5. The number of fused-ring (bicyclic) bond motifs is 1. The smallest absolute Gasteiger partial charge is 0.230 e. The molecule has 0 aromatic carbocycles. The molecule has 1 N–H and O–H groups in total. The quantitative estimate of drug-likeness (QED) is 0.923. The van der Waals surface area contributed by atoms with Gasteiger partial charge in [0.25, 0.3) is 0 Å². The standard InChI is InChI=1S/C17H24N2O3/c20-16(18-14-2-1-3-14)17-6-9-22-15(17)4-7-19(12-17)10-13-5-8-21-11-13/h5,8,11,14-15H,1-4,6-7,9-10,12H2,(H,18,20)/t15-,17-/m0/s1. The summed E-state index contributed by atoms with van der Waals surface area (Å²) in [5, 5.41) is 3.26. The molecule has 5 nitrogen and oxygen atoms in total. The summed E-state index contributed by atoms with van der Waals surface area (Å²) in [6, 6.07) is 2.39. The van der Waals surface area contributed by atoms with E-state index in [2.05, 4.69) is 10.2 Å². The van der Waals surface area contributed by atoms with Gasteiger partial charge in [0.1, 0.15) is 0 Å². The molecule has 1 aromatic heterocycles. The van der Waals surface area contributed by atoms with Crippen LogP contribution < -0.4 is 5.32 Å². The number of likely N-dealkylation sites (tertiary alicyclic amines) is 1. The average Bonchev–Trinajstić information content (AvgIpc) is 3.12. The Bertz CT molecular complexity index is 526. The van der Waals surface area contributed by atoms with E-state index >= 15 is 0 Å². The van der Waals surface area contributed by atoms with Gasteiger partial charge in [-0.05, 0) is 38.2 Å². The molecule has 0 unspecified atom stereocenters. The Hall–Kier alpha value is -1.33. The van der Waals surface area contributed by atoms with Crippen LogP contribution >= 0.6 is 0 Å². The first-order chi connectivity index (χ1) is 10.8. The SMILES string of the molecule is O=C(NC1CCC1)[C@]12CCO[C@H]1CCN(Cc1ccoc1)C2. The Labute approximate surface area is 131 Å². The van der Waals surface area contributed by atoms with Crippen LogP contribution in [0, 0.1) is 5.41 Å². The van der Waals surface area contributed by atoms with Crippen LogP contribution in [0.3, 0.4) is 0 Å². The molecule has 0 radical (unpaired) electrons. The van der Waals surface area contributed by atoms with Crippen molar-refractivity contribution in [3.63, 3.8) is 0 Å². The second-order valence-electron chi connectivity index (χ2n) is 7.00. The van der Waals surface area contributed by atoms with Crippen LogP contribution in [0.5, 0.6) is 0 Å². The van der Waals surface area contributed by atoms with E-state index in [-0.39, 0.29) is 17.4 Å². The van der Waals surface area contributed by atoms with Crippen molar-refractivity contribution in [1.82, 2.24) is 10.2 Å². The fourth-order valence-corrected chi connectivity index (χ4v) is 4.01. The van der Waals surface area contributed by atoms with Gasteiger partial charge in [-0.15, -0.1) is 0 Å². The molecule has 5 heteroatoms. The van der Waals surface area contributed by atoms with Gasteiger partial charge >= 0.3 is 0 Å². The molecule has 120 valence electrons. The summed E-state index contributed by atoms with van der Waals surface area (Å²) >= 11 is 0. The molecule has 3 aliphatic rings. The molecular weight excluding hydrogens is 280 g/mol. The number of carbonyl (C=O) groups is 1. The van der Waals surface area contributed by atoms with Gasteiger partial charge < -0.3 is 14.5 Å². The van der Waals surface area contributed by atoms with Crippen molar-refractivity contribution in [2.24, 2.45) is 5.41 Å². The van der Waals surface area contributed by atoms with Crippen LogP contribution in [-0.2, 0) is 16.1 Å². The molecule has 1 amide bonds. The van der Waals surface area contributed by atoms with Crippen LogP contribution in [0.15, 0.2) is 23.0 Å². The zero-order valence-electron chi connectivity index (χ0n) is 12.9. The Kier molecular flexibility index (Phi) is 3.70. The van der Waals surface area contributed by atoms with E-state index in [0.29, 0.717) is 12.6 Å². The van der Waals surface area contributed by atoms with Crippen molar-refractivity contribution in [2.75, 3.05) is 19.7 Å². The third-order valence-electron chi connectivity index (χ3n) is 5.58. The van der Waals surface area contributed by atoms with Crippen molar-refractivity contribution in [3.8, 4) is 0 Å². The van der Waals surface area contributed by atoms with E-state index in [4.69, 9.17) is 9.15 Å². The summed E-state index contributed by atoms with van der Waals surface area (Å²) < 4.78 is 11.1. The maximum Gasteiger partial charge on any atom is 0.230 e. The Morgan fingerprint density at radius 2 is 2.32 bits per heavy atom. The van der Waals surface area contributed by atoms with Crippen molar-refractivity contribution in [3.05, 3.63) is 24.2 Å². The molecule has 3 heterocycles. The molecule has 0 spiro atoms. The van der Waals surface area contributed by atoms with Crippen molar-refractivity contribution < 1.29 is 13.9 Å². The number of piperidine rings is 1. The normalized spacial score (nSPS) is 32.5. The molecule has 2 saturated heterocycles. The van der Waals surface area contributed by atoms with Gasteiger partial charge in [0.05, 0.1) is 24.0 Å². The maximum absolute atomic E-state index is 12.9. The average molecular weight is 304 g/mol. The predicted octanol–water partition coefficient (Wildman–Crippen LogP) is 1.93. The number of nitrogens with one attached hydrogen (secondary N) is 1. The van der Waals surface area contributed by atoms with E-state index in [1.54, 1.807) is 12.5 Å². The van der Waals surface area contributed by atoms with Gasteiger partial charge in [0.15, 0.2) is 0 Å². The number of amides is 1. The maximum atomic E-state index is 12.9. The molecule has 2 atom stereocenters. The van der Waals surface area contributed by atoms with Crippen molar-refractivity contribution >= 4 is 5.91 Å². The Morgan fingerprint density at radius 3 is 3.05 bits per heavy atom. The molecule has 1 aliphatic carbocycles. The molecular formula is C17H24N2O3. The second kappa shape index (κ2) is 5.70. The van der Waals surface area contributed by atoms with Gasteiger partial charge in [-0.25, -0.2) is 0 Å². The fourth-order valence-electron chi connectivity index (χ4n) is 4.01. The van der Waals surface area contributed by atoms with E-state index < -0.39 is 0 Å². The second-order valence-corrected chi connectivity index (χ2v) is 7.00. The Balaban J connectivity index is 1.48. The number of nitrogens with zero attached hydrogens (tertiary/aromatic N) is 1. The van der Waals surface area contributed by atoms with Gasteiger partial charge in [0.2, 0.25) is 5.91 Å². The highest BCUT2D eigenvalue weighted by molar-refractivity contribution is 5.84. The van der Waals surface area contributed by atoms with E-state index in [0.717, 1.165) is 45.3 Å². The van der Waals surface area contributed by atoms with Crippen molar-refractivity contribution in [2.45, 2.75) is 50.8 Å². The van der Waals surface area contributed by atoms with Gasteiger partial charge in [-0.3, -0.25) is 9.69 Å². The largest absolute Gasteiger partial charge is 0.472 e. The predicted molar refractivity (Wildman–Crippen MR) is 81.2 cm³/mol. The number of hydrogen-bond donors (Lipinski definition) is 1. The van der Waals surface area contributed by atoms with E-state index in [1.807, 2.05) is 6.07 Å². The zero-order valence-corrected chi connectivity index (χ0v) is 12.9. The summed E-state index contributed by atoms with van der Waals surface area (Å²) in [4.78, 5) is 15.3. The first kappa shape index (κ1) is 14.3. The molecule has 2 aliphatic heterocycles. The molecule has 22 heavy (non-hydrogen) atoms. The van der Waals surface area contributed by atoms with Crippen LogP contribution in [0.1, 0.15) is 37.7 Å². The van der Waals surface area contributed by atoms with Crippen molar-refractivity contribution in [1.29, 1.82) is 0 Å². The molecule has 1 aromatic rings. The number of carbonyl (C=O) groups excluding carboxylic acids is 1. The lowest BCUT2D eigenvalue weighted by Crippen LogP contribution is -2.58. The minimum Gasteiger partial charge on any atom is -0.472 e. The monoisotopic (exact) mass is 304 g/mol. The fraction of sp³-hybridized carbons (Fsp3) is 0.706. The van der Waals surface area contributed by atoms with Crippen LogP contribution in [0.4, 0.5) is 0 Å². The topological polar surface area (TPSA) is 54.7 Å². The first-order valence-electron chi connectivity index (χ1n) is 8.42. The third-order valence-corrected chi connectivity index (χ3v) is 5.58. The number of rotatable bonds is 4. The lowest BCUT2D eigenvalue weighted by Gasteiger charge is -2.43. The van der Waals surface area contributed by atoms with Gasteiger partial charge in [0, 0.05) is 37.8 Å². The number of furan rings is 1. The van der Waals surface area contributed by atoms with Crippen LogP contribution in [-0.4, -0.2) is 42.6 Å². The summed E-state index contributed by atoms with van der Waals surface area (Å²) in [6.45, 7) is 3.33. The van der Waals surface area contributed by atoms with Crippen LogP contribution in [0.25, 0.3) is 0 Å². The first-order valence-corrected chi connectivity index (χ1v) is 8.42. The zero-order chi connectivity index (χ0) is 15.0. The number of ether oxygens (including phenoxy) is 1. The lowest BCUT2D eigenvalue weighted by atomic mass is 9.75. The van der Waals surface area contributed by atoms with E-state index in [9.17, 15) is 4.79 Å². The Morgan fingerprint density at radius 1 is 1.41 bits per heavy atom. The van der Waals surface area contributed by atoms with Crippen LogP contribution in [0.2, 0.25) is 0 Å². The molecule has 4 rings (SSSR count). The van der Waals surface area contributed by atoms with Gasteiger partial charge in [-0.1, -0.05) is 0 Å². The summed E-state index contributed by atoms with van der Waals surface area (Å²) in [7, 11) is 0. The third kappa shape index (κ3) is 2.46. The number of hydrogen-bond acceptors (Lipinski definition) is 4. The minimum absolute atomic E-state index is 0.0909. The molecule has 0 bridgehead atoms. The lowest BCUT2D eigenvalue weighted by molar-refractivity contribution is -0.140. The van der Waals surface area contributed by atoms with E-state index in [1.165, 1.54) is 12.0 Å². The summed E-state index contributed by atoms with van der Waals surface area (Å²) in [5.41, 5.74) is 0.823. The summed E-state index contributed by atoms with van der Waals surface area (Å²) in [5.74, 6) is 0.219. The molecule has 3 fully saturated rings. The summed E-state index contributed by atoms with van der Waals surface area (Å²) in [6.07, 6.45) is 8.88. The molecule has 1 saturated carbocycles.